The van der Waals surface area contributed by atoms with Crippen molar-refractivity contribution in [1.82, 2.24) is 20.0 Å². The maximum absolute atomic E-state index is 12.4. The molecule has 8 heteroatoms. The van der Waals surface area contributed by atoms with E-state index in [-0.39, 0.29) is 17.9 Å². The average Bonchev–Trinajstić information content (AvgIpc) is 2.95. The number of rotatable bonds is 6. The first-order chi connectivity index (χ1) is 12.4. The van der Waals surface area contributed by atoms with Crippen molar-refractivity contribution < 1.29 is 19.4 Å². The van der Waals surface area contributed by atoms with E-state index in [9.17, 15) is 9.59 Å². The summed E-state index contributed by atoms with van der Waals surface area (Å²) in [6, 6.07) is 3.76. The third-order valence-electron chi connectivity index (χ3n) is 4.77. The summed E-state index contributed by atoms with van der Waals surface area (Å²) in [5.74, 6) is 0.150. The molecule has 1 unspecified atom stereocenters. The van der Waals surface area contributed by atoms with Crippen LogP contribution in [0.3, 0.4) is 0 Å². The van der Waals surface area contributed by atoms with Gasteiger partial charge in [-0.25, -0.2) is 4.79 Å². The molecule has 1 fully saturated rings. The van der Waals surface area contributed by atoms with Crippen molar-refractivity contribution in [2.24, 2.45) is 5.92 Å². The van der Waals surface area contributed by atoms with Gasteiger partial charge in [0, 0.05) is 56.4 Å². The quantitative estimate of drug-likeness (QED) is 0.818. The molecule has 0 spiro atoms. The molecule has 0 radical (unpaired) electrons. The Morgan fingerprint density at radius 3 is 2.81 bits per heavy atom. The van der Waals surface area contributed by atoms with Crippen molar-refractivity contribution in [3.63, 3.8) is 0 Å². The van der Waals surface area contributed by atoms with Crippen LogP contribution < -0.4 is 5.32 Å². The smallest absolute Gasteiger partial charge is 0.407 e. The Balaban J connectivity index is 1.70. The molecule has 2 aromatic rings. The first-order valence-corrected chi connectivity index (χ1v) is 8.64. The van der Waals surface area contributed by atoms with Crippen LogP contribution in [0.2, 0.25) is 0 Å². The fraction of sp³-hybridized carbons (Fsp3) is 0.500. The molecule has 1 aliphatic heterocycles. The lowest BCUT2D eigenvalue weighted by molar-refractivity contribution is 0.0732. The molecule has 2 heterocycles. The fourth-order valence-corrected chi connectivity index (χ4v) is 3.09. The molecule has 140 valence electrons. The van der Waals surface area contributed by atoms with Gasteiger partial charge < -0.3 is 20.1 Å². The number of carbonyl (C=O) groups is 2. The second kappa shape index (κ2) is 7.33. The number of carbonyl (C=O) groups excluding carboxylic acids is 1. The van der Waals surface area contributed by atoms with E-state index in [0.29, 0.717) is 31.7 Å². The van der Waals surface area contributed by atoms with E-state index in [2.05, 4.69) is 10.4 Å². The molecule has 26 heavy (non-hydrogen) atoms. The number of likely N-dealkylation sites (tertiary alicyclic amines) is 1. The summed E-state index contributed by atoms with van der Waals surface area (Å²) in [6.45, 7) is 5.99. The van der Waals surface area contributed by atoms with Crippen LogP contribution in [0.5, 0.6) is 0 Å². The number of aryl methyl sites for hydroxylation is 1. The number of methoxy groups -OCH3 is 1. The molecule has 1 aromatic heterocycles. The predicted molar refractivity (Wildman–Crippen MR) is 96.4 cm³/mol. The van der Waals surface area contributed by atoms with Crippen LogP contribution in [0.4, 0.5) is 4.79 Å². The minimum atomic E-state index is -0.874. The molecule has 1 saturated heterocycles. The number of hydrogen-bond acceptors (Lipinski definition) is 4. The summed E-state index contributed by atoms with van der Waals surface area (Å²) >= 11 is 0. The van der Waals surface area contributed by atoms with Crippen molar-refractivity contribution >= 4 is 22.9 Å². The maximum Gasteiger partial charge on any atom is 0.407 e. The Morgan fingerprint density at radius 1 is 1.42 bits per heavy atom. The molecule has 1 aromatic carbocycles. The van der Waals surface area contributed by atoms with Crippen LogP contribution in [-0.2, 0) is 11.3 Å². The molecule has 0 bridgehead atoms. The predicted octanol–water partition coefficient (Wildman–Crippen LogP) is 1.72. The fourth-order valence-electron chi connectivity index (χ4n) is 3.09. The second-order valence-corrected chi connectivity index (χ2v) is 6.89. The molecule has 1 atom stereocenters. The highest BCUT2D eigenvalue weighted by atomic mass is 16.5. The van der Waals surface area contributed by atoms with Gasteiger partial charge in [-0.05, 0) is 31.5 Å². The highest BCUT2D eigenvalue weighted by Crippen LogP contribution is 2.22. The van der Waals surface area contributed by atoms with Crippen LogP contribution in [0.25, 0.3) is 10.9 Å². The summed E-state index contributed by atoms with van der Waals surface area (Å²) in [5, 5.41) is 17.2. The van der Waals surface area contributed by atoms with Crippen LogP contribution in [-0.4, -0.2) is 64.6 Å². The van der Waals surface area contributed by atoms with Crippen molar-refractivity contribution in [3.05, 3.63) is 29.5 Å². The van der Waals surface area contributed by atoms with Gasteiger partial charge >= 0.3 is 6.09 Å². The van der Waals surface area contributed by atoms with Crippen molar-refractivity contribution in [2.75, 3.05) is 26.7 Å². The Labute approximate surface area is 151 Å². The number of fused-ring (bicyclic) bond motifs is 1. The van der Waals surface area contributed by atoms with Gasteiger partial charge in [-0.3, -0.25) is 9.48 Å². The van der Waals surface area contributed by atoms with Crippen LogP contribution in [0.15, 0.2) is 18.3 Å². The van der Waals surface area contributed by atoms with E-state index in [1.54, 1.807) is 7.11 Å². The maximum atomic E-state index is 12.4. The van der Waals surface area contributed by atoms with Gasteiger partial charge in [-0.2, -0.15) is 5.10 Å². The lowest BCUT2D eigenvalue weighted by Crippen LogP contribution is -2.50. The minimum absolute atomic E-state index is 0.0430. The Morgan fingerprint density at radius 2 is 2.15 bits per heavy atom. The van der Waals surface area contributed by atoms with Crippen molar-refractivity contribution in [3.8, 4) is 0 Å². The highest BCUT2D eigenvalue weighted by molar-refractivity contribution is 5.99. The third-order valence-corrected chi connectivity index (χ3v) is 4.77. The number of ether oxygens (including phenoxy) is 1. The topological polar surface area (TPSA) is 96.7 Å². The minimum Gasteiger partial charge on any atom is -0.465 e. The van der Waals surface area contributed by atoms with Gasteiger partial charge in [0.1, 0.15) is 0 Å². The zero-order chi connectivity index (χ0) is 18.8. The van der Waals surface area contributed by atoms with Crippen LogP contribution in [0.1, 0.15) is 22.8 Å². The van der Waals surface area contributed by atoms with E-state index >= 15 is 0 Å². The molecule has 0 saturated carbocycles. The van der Waals surface area contributed by atoms with Gasteiger partial charge in [0.25, 0.3) is 5.91 Å². The van der Waals surface area contributed by atoms with E-state index in [1.165, 1.54) is 4.90 Å². The molecule has 1 aliphatic rings. The van der Waals surface area contributed by atoms with E-state index in [0.717, 1.165) is 16.5 Å². The first kappa shape index (κ1) is 18.2. The normalized spacial score (nSPS) is 15.7. The number of nitrogens with zero attached hydrogens (tertiary/aromatic N) is 3. The SMILES string of the molecule is COC(C)CNC(=O)c1cc2cn(CC3CN(C(=O)O)C3)nc2cc1C. The number of aromatic nitrogens is 2. The van der Waals surface area contributed by atoms with Crippen LogP contribution in [0, 0.1) is 12.8 Å². The summed E-state index contributed by atoms with van der Waals surface area (Å²) in [5.41, 5.74) is 2.32. The van der Waals surface area contributed by atoms with Crippen molar-refractivity contribution in [2.45, 2.75) is 26.5 Å². The lowest BCUT2D eigenvalue weighted by atomic mass is 10.0. The molecular weight excluding hydrogens is 336 g/mol. The summed E-state index contributed by atoms with van der Waals surface area (Å²) in [6.07, 6.45) is 0.992. The van der Waals surface area contributed by atoms with Gasteiger partial charge in [-0.15, -0.1) is 0 Å². The highest BCUT2D eigenvalue weighted by Gasteiger charge is 2.30. The van der Waals surface area contributed by atoms with E-state index in [4.69, 9.17) is 9.84 Å². The third kappa shape index (κ3) is 3.80. The standard InChI is InChI=1S/C18H24N4O4/c1-11-4-16-14(5-15(11)17(23)19-6-12(2)26-3)10-22(20-16)9-13-7-21(8-13)18(24)25/h4-5,10,12-13H,6-9H2,1-3H3,(H,19,23)(H,24,25). The van der Waals surface area contributed by atoms with Gasteiger partial charge in [0.15, 0.2) is 0 Å². The summed E-state index contributed by atoms with van der Waals surface area (Å²) < 4.78 is 6.98. The molecule has 3 rings (SSSR count). The van der Waals surface area contributed by atoms with Crippen LogP contribution >= 0.6 is 0 Å². The Kier molecular flexibility index (Phi) is 5.13. The Hall–Kier alpha value is -2.61. The van der Waals surface area contributed by atoms with Gasteiger partial charge in [-0.1, -0.05) is 0 Å². The number of amides is 2. The van der Waals surface area contributed by atoms with Gasteiger partial charge in [0.05, 0.1) is 11.6 Å². The molecule has 8 nitrogen and oxygen atoms in total. The molecule has 2 amide bonds. The monoisotopic (exact) mass is 360 g/mol. The molecular formula is C18H24N4O4. The zero-order valence-electron chi connectivity index (χ0n) is 15.2. The lowest BCUT2D eigenvalue weighted by Gasteiger charge is -2.36. The largest absolute Gasteiger partial charge is 0.465 e. The van der Waals surface area contributed by atoms with Gasteiger partial charge in [0.2, 0.25) is 0 Å². The van der Waals surface area contributed by atoms with E-state index in [1.807, 2.05) is 36.9 Å². The number of hydrogen-bond donors (Lipinski definition) is 2. The van der Waals surface area contributed by atoms with Crippen molar-refractivity contribution in [1.29, 1.82) is 0 Å². The number of benzene rings is 1. The average molecular weight is 360 g/mol. The summed E-state index contributed by atoms with van der Waals surface area (Å²) in [7, 11) is 1.61. The Bertz CT molecular complexity index is 826. The molecule has 2 N–H and O–H groups in total. The first-order valence-electron chi connectivity index (χ1n) is 8.64. The summed E-state index contributed by atoms with van der Waals surface area (Å²) in [4.78, 5) is 24.6. The van der Waals surface area contributed by atoms with E-state index < -0.39 is 6.09 Å². The number of carboxylic acid groups (broad SMARTS) is 1. The zero-order valence-corrected chi connectivity index (χ0v) is 15.2. The second-order valence-electron chi connectivity index (χ2n) is 6.89. The number of nitrogens with one attached hydrogen (secondary N) is 1. The molecule has 0 aliphatic carbocycles.